The number of aryl methyl sites for hydroxylation is 2. The molecule has 8 heteroatoms. The van der Waals surface area contributed by atoms with Crippen LogP contribution in [0.2, 0.25) is 0 Å². The maximum absolute atomic E-state index is 12.8. The molecule has 0 fully saturated rings. The Kier molecular flexibility index (Phi) is 7.63. The number of thioether (sulfide) groups is 1. The number of benzene rings is 1. The summed E-state index contributed by atoms with van der Waals surface area (Å²) in [6.07, 6.45) is 8.39. The van der Waals surface area contributed by atoms with Crippen molar-refractivity contribution < 1.29 is 4.79 Å². The summed E-state index contributed by atoms with van der Waals surface area (Å²) in [5, 5.41) is 22.8. The summed E-state index contributed by atoms with van der Waals surface area (Å²) in [4.78, 5) is 14.0. The highest BCUT2D eigenvalue weighted by atomic mass is 32.2. The standard InChI is InChI=1S/C25H27N5OS2/c1-3-13-30-23(18-10-8-9-17(2)14-18)28-29-25(30)32-16-22(31)27-24-20(15-26)19-11-6-4-5-7-12-21(19)33-24/h3,8-10,14H,1,4-7,11-13,16H2,2H3,(H,27,31). The summed E-state index contributed by atoms with van der Waals surface area (Å²) >= 11 is 2.90. The summed E-state index contributed by atoms with van der Waals surface area (Å²) < 4.78 is 1.97. The lowest BCUT2D eigenvalue weighted by molar-refractivity contribution is -0.113. The topological polar surface area (TPSA) is 83.6 Å². The van der Waals surface area contributed by atoms with Crippen molar-refractivity contribution in [1.82, 2.24) is 14.8 Å². The van der Waals surface area contributed by atoms with Gasteiger partial charge in [-0.05, 0) is 44.2 Å². The van der Waals surface area contributed by atoms with Gasteiger partial charge >= 0.3 is 0 Å². The van der Waals surface area contributed by atoms with Gasteiger partial charge in [0.2, 0.25) is 5.91 Å². The van der Waals surface area contributed by atoms with Crippen molar-refractivity contribution in [2.24, 2.45) is 0 Å². The van der Waals surface area contributed by atoms with E-state index in [9.17, 15) is 10.1 Å². The molecule has 0 saturated heterocycles. The summed E-state index contributed by atoms with van der Waals surface area (Å²) in [6, 6.07) is 10.4. The van der Waals surface area contributed by atoms with Gasteiger partial charge in [0.05, 0.1) is 11.3 Å². The fourth-order valence-corrected chi connectivity index (χ4v) is 6.11. The Balaban J connectivity index is 1.48. The molecule has 2 heterocycles. The van der Waals surface area contributed by atoms with Crippen LogP contribution < -0.4 is 5.32 Å². The fraction of sp³-hybridized carbons (Fsp3) is 0.360. The summed E-state index contributed by atoms with van der Waals surface area (Å²) in [7, 11) is 0. The number of nitrogens with zero attached hydrogens (tertiary/aromatic N) is 4. The molecule has 3 aromatic rings. The predicted octanol–water partition coefficient (Wildman–Crippen LogP) is 5.76. The molecule has 0 radical (unpaired) electrons. The first-order valence-electron chi connectivity index (χ1n) is 11.2. The molecular formula is C25H27N5OS2. The Labute approximate surface area is 202 Å². The lowest BCUT2D eigenvalue weighted by Crippen LogP contribution is -2.14. The molecule has 0 bridgehead atoms. The van der Waals surface area contributed by atoms with Crippen LogP contribution in [0.4, 0.5) is 5.00 Å². The van der Waals surface area contributed by atoms with Gasteiger partial charge in [0.15, 0.2) is 11.0 Å². The molecule has 0 saturated carbocycles. The molecule has 0 atom stereocenters. The number of allylic oxidation sites excluding steroid dienone is 1. The molecule has 33 heavy (non-hydrogen) atoms. The Morgan fingerprint density at radius 3 is 2.88 bits per heavy atom. The van der Waals surface area contributed by atoms with E-state index < -0.39 is 0 Å². The summed E-state index contributed by atoms with van der Waals surface area (Å²) in [5.74, 6) is 0.804. The molecule has 170 valence electrons. The molecule has 1 aliphatic rings. The van der Waals surface area contributed by atoms with Crippen LogP contribution in [-0.4, -0.2) is 26.4 Å². The number of hydrogen-bond donors (Lipinski definition) is 1. The van der Waals surface area contributed by atoms with Crippen LogP contribution in [0.3, 0.4) is 0 Å². The van der Waals surface area contributed by atoms with Crippen LogP contribution in [0.15, 0.2) is 42.1 Å². The minimum Gasteiger partial charge on any atom is -0.316 e. The molecular weight excluding hydrogens is 450 g/mol. The zero-order chi connectivity index (χ0) is 23.2. The molecule has 0 spiro atoms. The zero-order valence-corrected chi connectivity index (χ0v) is 20.4. The van der Waals surface area contributed by atoms with Gasteiger partial charge in [-0.25, -0.2) is 0 Å². The minimum absolute atomic E-state index is 0.143. The SMILES string of the molecule is C=CCn1c(SCC(=O)Nc2sc3c(c2C#N)CCCCCC3)nnc1-c1cccc(C)c1. The maximum Gasteiger partial charge on any atom is 0.235 e. The second-order valence-corrected chi connectivity index (χ2v) is 10.2. The van der Waals surface area contributed by atoms with Crippen molar-refractivity contribution in [3.8, 4) is 17.5 Å². The van der Waals surface area contributed by atoms with E-state index in [4.69, 9.17) is 0 Å². The second kappa shape index (κ2) is 10.8. The number of carbonyl (C=O) groups is 1. The number of nitrogens with one attached hydrogen (secondary N) is 1. The molecule has 1 amide bonds. The third-order valence-corrected chi connectivity index (χ3v) is 7.85. The number of rotatable bonds is 7. The van der Waals surface area contributed by atoms with Gasteiger partial charge in [0, 0.05) is 17.0 Å². The number of fused-ring (bicyclic) bond motifs is 1. The molecule has 1 N–H and O–H groups in total. The van der Waals surface area contributed by atoms with Crippen molar-refractivity contribution in [3.63, 3.8) is 0 Å². The van der Waals surface area contributed by atoms with E-state index in [0.29, 0.717) is 22.3 Å². The minimum atomic E-state index is -0.143. The van der Waals surface area contributed by atoms with Gasteiger partial charge in [0.1, 0.15) is 11.1 Å². The molecule has 2 aromatic heterocycles. The number of hydrogen-bond acceptors (Lipinski definition) is 6. The number of amides is 1. The lowest BCUT2D eigenvalue weighted by Gasteiger charge is -2.09. The lowest BCUT2D eigenvalue weighted by atomic mass is 9.97. The van der Waals surface area contributed by atoms with Gasteiger partial charge in [-0.1, -0.05) is 54.4 Å². The molecule has 0 aliphatic heterocycles. The highest BCUT2D eigenvalue weighted by molar-refractivity contribution is 7.99. The molecule has 0 unspecified atom stereocenters. The molecule has 4 rings (SSSR count). The largest absolute Gasteiger partial charge is 0.316 e. The third-order valence-electron chi connectivity index (χ3n) is 5.67. The zero-order valence-electron chi connectivity index (χ0n) is 18.8. The van der Waals surface area contributed by atoms with E-state index in [2.05, 4.69) is 34.2 Å². The quantitative estimate of drug-likeness (QED) is 0.345. The average Bonchev–Trinajstić information content (AvgIpc) is 3.33. The van der Waals surface area contributed by atoms with Gasteiger partial charge in [-0.15, -0.1) is 28.1 Å². The van der Waals surface area contributed by atoms with E-state index in [1.807, 2.05) is 29.7 Å². The van der Waals surface area contributed by atoms with Gasteiger partial charge in [-0.3, -0.25) is 9.36 Å². The number of nitriles is 1. The van der Waals surface area contributed by atoms with Crippen molar-refractivity contribution in [2.45, 2.75) is 57.1 Å². The van der Waals surface area contributed by atoms with Crippen molar-refractivity contribution in [1.29, 1.82) is 5.26 Å². The number of carbonyl (C=O) groups excluding carboxylic acids is 1. The van der Waals surface area contributed by atoms with Crippen LogP contribution in [0, 0.1) is 18.3 Å². The first kappa shape index (κ1) is 23.3. The van der Waals surface area contributed by atoms with Crippen LogP contribution in [0.25, 0.3) is 11.4 Å². The number of thiophene rings is 1. The highest BCUT2D eigenvalue weighted by Crippen LogP contribution is 2.36. The molecule has 6 nitrogen and oxygen atoms in total. The number of anilines is 1. The average molecular weight is 478 g/mol. The first-order valence-corrected chi connectivity index (χ1v) is 13.0. The van der Waals surface area contributed by atoms with Crippen LogP contribution in [0.1, 0.15) is 47.3 Å². The normalized spacial score (nSPS) is 13.5. The van der Waals surface area contributed by atoms with E-state index in [0.717, 1.165) is 48.2 Å². The number of aromatic nitrogens is 3. The van der Waals surface area contributed by atoms with Gasteiger partial charge < -0.3 is 5.32 Å². The monoisotopic (exact) mass is 477 g/mol. The highest BCUT2D eigenvalue weighted by Gasteiger charge is 2.21. The van der Waals surface area contributed by atoms with E-state index in [1.165, 1.54) is 29.5 Å². The Morgan fingerprint density at radius 2 is 2.12 bits per heavy atom. The maximum atomic E-state index is 12.8. The van der Waals surface area contributed by atoms with E-state index in [-0.39, 0.29) is 11.7 Å². The molecule has 1 aromatic carbocycles. The predicted molar refractivity (Wildman–Crippen MR) is 135 cm³/mol. The third kappa shape index (κ3) is 5.37. The van der Waals surface area contributed by atoms with Crippen molar-refractivity contribution >= 4 is 34.0 Å². The summed E-state index contributed by atoms with van der Waals surface area (Å²) in [6.45, 7) is 6.44. The first-order chi connectivity index (χ1) is 16.1. The summed E-state index contributed by atoms with van der Waals surface area (Å²) in [5.41, 5.74) is 3.91. The van der Waals surface area contributed by atoms with E-state index in [1.54, 1.807) is 17.4 Å². The van der Waals surface area contributed by atoms with Gasteiger partial charge in [-0.2, -0.15) is 5.26 Å². The van der Waals surface area contributed by atoms with Crippen molar-refractivity contribution in [2.75, 3.05) is 11.1 Å². The smallest absolute Gasteiger partial charge is 0.235 e. The Hall–Kier alpha value is -2.89. The second-order valence-electron chi connectivity index (χ2n) is 8.15. The Morgan fingerprint density at radius 1 is 1.30 bits per heavy atom. The van der Waals surface area contributed by atoms with Crippen molar-refractivity contribution in [3.05, 3.63) is 58.5 Å². The molecule has 1 aliphatic carbocycles. The Bertz CT molecular complexity index is 1200. The van der Waals surface area contributed by atoms with Crippen LogP contribution in [0.5, 0.6) is 0 Å². The fourth-order valence-electron chi connectivity index (χ4n) is 4.11. The van der Waals surface area contributed by atoms with Crippen LogP contribution >= 0.6 is 23.1 Å². The van der Waals surface area contributed by atoms with Crippen LogP contribution in [-0.2, 0) is 24.2 Å². The van der Waals surface area contributed by atoms with E-state index >= 15 is 0 Å². The van der Waals surface area contributed by atoms with Gasteiger partial charge in [0.25, 0.3) is 0 Å².